The smallest absolute Gasteiger partial charge is 0.218 e. The van der Waals surface area contributed by atoms with Crippen LogP contribution in [0.5, 0.6) is 5.88 Å². The molecule has 2 aromatic heterocycles. The average Bonchev–Trinajstić information content (AvgIpc) is 2.80. The van der Waals surface area contributed by atoms with Crippen molar-refractivity contribution < 1.29 is 9.26 Å². The fourth-order valence-electron chi connectivity index (χ4n) is 1.40. The second-order valence-electron chi connectivity index (χ2n) is 3.87. The van der Waals surface area contributed by atoms with Gasteiger partial charge in [-0.3, -0.25) is 0 Å². The summed E-state index contributed by atoms with van der Waals surface area (Å²) in [4.78, 5) is 8.14. The predicted molar refractivity (Wildman–Crippen MR) is 66.4 cm³/mol. The molecule has 6 nitrogen and oxygen atoms in total. The van der Waals surface area contributed by atoms with Gasteiger partial charge in [-0.05, 0) is 13.3 Å². The van der Waals surface area contributed by atoms with Gasteiger partial charge >= 0.3 is 0 Å². The molecule has 0 fully saturated rings. The molecule has 0 amide bonds. The van der Waals surface area contributed by atoms with Crippen LogP contribution in [0.25, 0.3) is 0 Å². The standard InChI is InChI=1S/C12H16N4O2/c1-3-4-17-12-6-11(14-8-15-12)13-7-10-5-9(2)18-16-10/h5-6,8H,3-4,7H2,1-2H3,(H,13,14,15). The topological polar surface area (TPSA) is 73.1 Å². The van der Waals surface area contributed by atoms with Crippen molar-refractivity contribution in [2.45, 2.75) is 26.8 Å². The number of ether oxygens (including phenoxy) is 1. The first kappa shape index (κ1) is 12.3. The Kier molecular flexibility index (Phi) is 4.11. The van der Waals surface area contributed by atoms with E-state index in [9.17, 15) is 0 Å². The summed E-state index contributed by atoms with van der Waals surface area (Å²) in [5.41, 5.74) is 0.835. The highest BCUT2D eigenvalue weighted by molar-refractivity contribution is 5.37. The third-order valence-electron chi connectivity index (χ3n) is 2.22. The molecule has 0 bridgehead atoms. The second kappa shape index (κ2) is 6.00. The largest absolute Gasteiger partial charge is 0.478 e. The van der Waals surface area contributed by atoms with Gasteiger partial charge in [-0.25, -0.2) is 9.97 Å². The highest BCUT2D eigenvalue weighted by Gasteiger charge is 2.02. The van der Waals surface area contributed by atoms with Crippen molar-refractivity contribution in [1.82, 2.24) is 15.1 Å². The monoisotopic (exact) mass is 248 g/mol. The lowest BCUT2D eigenvalue weighted by atomic mass is 10.4. The number of nitrogens with one attached hydrogen (secondary N) is 1. The molecule has 0 radical (unpaired) electrons. The van der Waals surface area contributed by atoms with Crippen LogP contribution >= 0.6 is 0 Å². The van der Waals surface area contributed by atoms with E-state index in [0.29, 0.717) is 24.8 Å². The molecule has 0 saturated heterocycles. The zero-order valence-corrected chi connectivity index (χ0v) is 10.5. The van der Waals surface area contributed by atoms with Crippen molar-refractivity contribution in [3.05, 3.63) is 29.9 Å². The van der Waals surface area contributed by atoms with Crippen LogP contribution in [0.1, 0.15) is 24.8 Å². The van der Waals surface area contributed by atoms with Crippen LogP contribution in [0, 0.1) is 6.92 Å². The molecule has 18 heavy (non-hydrogen) atoms. The minimum Gasteiger partial charge on any atom is -0.478 e. The van der Waals surface area contributed by atoms with E-state index < -0.39 is 0 Å². The van der Waals surface area contributed by atoms with E-state index in [4.69, 9.17) is 9.26 Å². The van der Waals surface area contributed by atoms with Crippen molar-refractivity contribution in [2.24, 2.45) is 0 Å². The van der Waals surface area contributed by atoms with Crippen LogP contribution in [-0.4, -0.2) is 21.7 Å². The summed E-state index contributed by atoms with van der Waals surface area (Å²) >= 11 is 0. The molecule has 0 aliphatic carbocycles. The van der Waals surface area contributed by atoms with Gasteiger partial charge in [0.25, 0.3) is 0 Å². The summed E-state index contributed by atoms with van der Waals surface area (Å²) < 4.78 is 10.4. The number of nitrogens with zero attached hydrogens (tertiary/aromatic N) is 3. The van der Waals surface area contributed by atoms with Crippen molar-refractivity contribution in [3.63, 3.8) is 0 Å². The van der Waals surface area contributed by atoms with Gasteiger partial charge in [0.15, 0.2) is 0 Å². The fourth-order valence-corrected chi connectivity index (χ4v) is 1.40. The quantitative estimate of drug-likeness (QED) is 0.844. The zero-order chi connectivity index (χ0) is 12.8. The van der Waals surface area contributed by atoms with Gasteiger partial charge in [0.05, 0.1) is 13.2 Å². The molecule has 0 atom stereocenters. The molecular formula is C12H16N4O2. The van der Waals surface area contributed by atoms with Gasteiger partial charge in [0.2, 0.25) is 5.88 Å². The summed E-state index contributed by atoms with van der Waals surface area (Å²) in [7, 11) is 0. The number of aromatic nitrogens is 3. The third-order valence-corrected chi connectivity index (χ3v) is 2.22. The third kappa shape index (κ3) is 3.44. The highest BCUT2D eigenvalue weighted by atomic mass is 16.5. The van der Waals surface area contributed by atoms with Gasteiger partial charge in [-0.2, -0.15) is 0 Å². The van der Waals surface area contributed by atoms with Gasteiger partial charge in [-0.1, -0.05) is 12.1 Å². The van der Waals surface area contributed by atoms with Crippen LogP contribution in [0.2, 0.25) is 0 Å². The summed E-state index contributed by atoms with van der Waals surface area (Å²) in [6.07, 6.45) is 2.42. The lowest BCUT2D eigenvalue weighted by Gasteiger charge is -2.06. The van der Waals surface area contributed by atoms with Crippen molar-refractivity contribution in [1.29, 1.82) is 0 Å². The molecule has 6 heteroatoms. The molecule has 0 aromatic carbocycles. The van der Waals surface area contributed by atoms with E-state index in [0.717, 1.165) is 17.9 Å². The predicted octanol–water partition coefficient (Wildman–Crippen LogP) is 2.17. The van der Waals surface area contributed by atoms with Crippen LogP contribution in [0.3, 0.4) is 0 Å². The lowest BCUT2D eigenvalue weighted by Crippen LogP contribution is -2.03. The van der Waals surface area contributed by atoms with Crippen LogP contribution in [-0.2, 0) is 6.54 Å². The van der Waals surface area contributed by atoms with Gasteiger partial charge in [0, 0.05) is 12.1 Å². The Balaban J connectivity index is 1.92. The summed E-state index contributed by atoms with van der Waals surface area (Å²) in [5.74, 6) is 2.07. The van der Waals surface area contributed by atoms with Gasteiger partial charge in [0.1, 0.15) is 23.6 Å². The van der Waals surface area contributed by atoms with Crippen molar-refractivity contribution in [3.8, 4) is 5.88 Å². The first-order valence-electron chi connectivity index (χ1n) is 5.89. The Morgan fingerprint density at radius 1 is 1.33 bits per heavy atom. The molecule has 0 spiro atoms. The van der Waals surface area contributed by atoms with Gasteiger partial charge < -0.3 is 14.6 Å². The number of rotatable bonds is 6. The van der Waals surface area contributed by atoms with E-state index >= 15 is 0 Å². The molecule has 2 aromatic rings. The van der Waals surface area contributed by atoms with Crippen molar-refractivity contribution >= 4 is 5.82 Å². The molecule has 0 unspecified atom stereocenters. The summed E-state index contributed by atoms with van der Waals surface area (Å²) in [6, 6.07) is 3.64. The number of hydrogen-bond acceptors (Lipinski definition) is 6. The molecule has 0 saturated carbocycles. The van der Waals surface area contributed by atoms with E-state index in [1.165, 1.54) is 6.33 Å². The van der Waals surface area contributed by atoms with E-state index in [1.54, 1.807) is 6.07 Å². The molecule has 2 rings (SSSR count). The zero-order valence-electron chi connectivity index (χ0n) is 10.5. The normalized spacial score (nSPS) is 10.3. The number of hydrogen-bond donors (Lipinski definition) is 1. The fraction of sp³-hybridized carbons (Fsp3) is 0.417. The Bertz CT molecular complexity index is 498. The first-order chi connectivity index (χ1) is 8.78. The summed E-state index contributed by atoms with van der Waals surface area (Å²) in [5, 5.41) is 7.03. The minimum absolute atomic E-state index is 0.557. The van der Waals surface area contributed by atoms with E-state index in [1.807, 2.05) is 19.9 Å². The summed E-state index contributed by atoms with van der Waals surface area (Å²) in [6.45, 7) is 5.12. The van der Waals surface area contributed by atoms with Gasteiger partial charge in [-0.15, -0.1) is 0 Å². The average molecular weight is 248 g/mol. The van der Waals surface area contributed by atoms with Crippen LogP contribution in [0.4, 0.5) is 5.82 Å². The minimum atomic E-state index is 0.557. The van der Waals surface area contributed by atoms with E-state index in [2.05, 4.69) is 20.4 Å². The molecule has 0 aliphatic rings. The highest BCUT2D eigenvalue weighted by Crippen LogP contribution is 2.12. The maximum absolute atomic E-state index is 5.43. The second-order valence-corrected chi connectivity index (χ2v) is 3.87. The number of aryl methyl sites for hydroxylation is 1. The molecular weight excluding hydrogens is 232 g/mol. The maximum Gasteiger partial charge on any atom is 0.218 e. The maximum atomic E-state index is 5.43. The van der Waals surface area contributed by atoms with Crippen LogP contribution < -0.4 is 10.1 Å². The molecule has 1 N–H and O–H groups in total. The lowest BCUT2D eigenvalue weighted by molar-refractivity contribution is 0.305. The SMILES string of the molecule is CCCOc1cc(NCc2cc(C)on2)ncn1. The molecule has 2 heterocycles. The van der Waals surface area contributed by atoms with Crippen LogP contribution in [0.15, 0.2) is 23.0 Å². The molecule has 96 valence electrons. The Labute approximate surface area is 105 Å². The molecule has 0 aliphatic heterocycles. The first-order valence-corrected chi connectivity index (χ1v) is 5.89. The van der Waals surface area contributed by atoms with Crippen molar-refractivity contribution in [2.75, 3.05) is 11.9 Å². The number of anilines is 1. The Hall–Kier alpha value is -2.11. The Morgan fingerprint density at radius 3 is 2.94 bits per heavy atom. The van der Waals surface area contributed by atoms with E-state index in [-0.39, 0.29) is 0 Å². The Morgan fingerprint density at radius 2 is 2.22 bits per heavy atom.